The Morgan fingerprint density at radius 2 is 2.04 bits per heavy atom. The van der Waals surface area contributed by atoms with Crippen molar-refractivity contribution in [2.75, 3.05) is 13.7 Å². The zero-order valence-corrected chi connectivity index (χ0v) is 14.2. The maximum absolute atomic E-state index is 12.0. The predicted molar refractivity (Wildman–Crippen MR) is 92.1 cm³/mol. The summed E-state index contributed by atoms with van der Waals surface area (Å²) in [6, 6.07) is 14.6. The third kappa shape index (κ3) is 4.35. The summed E-state index contributed by atoms with van der Waals surface area (Å²) < 4.78 is 21.9. The second-order valence-corrected chi connectivity index (χ2v) is 5.77. The van der Waals surface area contributed by atoms with Crippen LogP contribution in [0.5, 0.6) is 17.2 Å². The second-order valence-electron chi connectivity index (χ2n) is 5.77. The minimum atomic E-state index is -0.502. The van der Waals surface area contributed by atoms with Crippen LogP contribution in [0.3, 0.4) is 0 Å². The highest BCUT2D eigenvalue weighted by atomic mass is 16.6. The molecule has 1 heterocycles. The summed E-state index contributed by atoms with van der Waals surface area (Å²) in [5.41, 5.74) is 0.855. The molecule has 2 aromatic rings. The number of rotatable bonds is 5. The van der Waals surface area contributed by atoms with E-state index in [0.29, 0.717) is 18.1 Å². The van der Waals surface area contributed by atoms with Crippen molar-refractivity contribution in [2.24, 2.45) is 0 Å². The highest BCUT2D eigenvalue weighted by Crippen LogP contribution is 2.31. The van der Waals surface area contributed by atoms with Crippen LogP contribution in [0.25, 0.3) is 0 Å². The van der Waals surface area contributed by atoms with E-state index >= 15 is 0 Å². The van der Waals surface area contributed by atoms with Gasteiger partial charge in [0.1, 0.15) is 19.0 Å². The molecule has 132 valence electrons. The molecule has 3 rings (SSSR count). The van der Waals surface area contributed by atoms with Gasteiger partial charge in [-0.05, 0) is 36.8 Å². The third-order valence-electron chi connectivity index (χ3n) is 3.94. The molecular formula is C19H21NO5. The first-order valence-corrected chi connectivity index (χ1v) is 8.10. The zero-order valence-electron chi connectivity index (χ0n) is 14.2. The normalized spacial score (nSPS) is 16.6. The molecule has 0 fully saturated rings. The van der Waals surface area contributed by atoms with E-state index in [-0.39, 0.29) is 18.8 Å². The summed E-state index contributed by atoms with van der Waals surface area (Å²) in [4.78, 5) is 12.0. The van der Waals surface area contributed by atoms with Crippen LogP contribution < -0.4 is 19.5 Å². The summed E-state index contributed by atoms with van der Waals surface area (Å²) in [6.07, 6.45) is -0.781. The lowest BCUT2D eigenvalue weighted by Crippen LogP contribution is -2.48. The highest BCUT2D eigenvalue weighted by molar-refractivity contribution is 5.67. The van der Waals surface area contributed by atoms with Crippen LogP contribution in [0.15, 0.2) is 48.5 Å². The molecule has 0 radical (unpaired) electrons. The van der Waals surface area contributed by atoms with Gasteiger partial charge in [-0.1, -0.05) is 24.3 Å². The third-order valence-corrected chi connectivity index (χ3v) is 3.94. The number of hydrogen-bond acceptors (Lipinski definition) is 5. The Kier molecular flexibility index (Phi) is 5.28. The van der Waals surface area contributed by atoms with Gasteiger partial charge in [-0.25, -0.2) is 4.79 Å². The summed E-state index contributed by atoms with van der Waals surface area (Å²) in [7, 11) is 1.60. The van der Waals surface area contributed by atoms with Crippen LogP contribution in [-0.4, -0.2) is 32.0 Å². The van der Waals surface area contributed by atoms with Crippen LogP contribution in [0.2, 0.25) is 0 Å². The Morgan fingerprint density at radius 3 is 2.84 bits per heavy atom. The summed E-state index contributed by atoms with van der Waals surface area (Å²) in [6.45, 7) is 2.39. The monoisotopic (exact) mass is 343 g/mol. The van der Waals surface area contributed by atoms with Crippen molar-refractivity contribution in [2.45, 2.75) is 25.7 Å². The lowest BCUT2D eigenvalue weighted by molar-refractivity contribution is 0.0618. The number of para-hydroxylation sites is 2. The molecule has 1 N–H and O–H groups in total. The minimum absolute atomic E-state index is 0.167. The standard InChI is InChI=1S/C19H21NO5/c1-13(18-12-23-16-8-3-4-9-17(16)25-18)20-19(21)24-11-14-6-5-7-15(10-14)22-2/h3-10,13,18H,11-12H2,1-2H3,(H,20,21)/t13-,18-/m1/s1. The first kappa shape index (κ1) is 17.0. The molecule has 0 unspecified atom stereocenters. The van der Waals surface area contributed by atoms with Crippen molar-refractivity contribution in [1.29, 1.82) is 0 Å². The number of hydrogen-bond donors (Lipinski definition) is 1. The molecule has 2 aromatic carbocycles. The van der Waals surface area contributed by atoms with Gasteiger partial charge in [0.2, 0.25) is 0 Å². The highest BCUT2D eigenvalue weighted by Gasteiger charge is 2.27. The van der Waals surface area contributed by atoms with E-state index < -0.39 is 6.09 Å². The predicted octanol–water partition coefficient (Wildman–Crippen LogP) is 3.15. The molecule has 1 aliphatic rings. The topological polar surface area (TPSA) is 66.0 Å². The van der Waals surface area contributed by atoms with E-state index in [2.05, 4.69) is 5.32 Å². The van der Waals surface area contributed by atoms with Crippen LogP contribution in [-0.2, 0) is 11.3 Å². The number of carbonyl (C=O) groups is 1. The Morgan fingerprint density at radius 1 is 1.24 bits per heavy atom. The average molecular weight is 343 g/mol. The molecule has 6 nitrogen and oxygen atoms in total. The van der Waals surface area contributed by atoms with E-state index in [4.69, 9.17) is 18.9 Å². The van der Waals surface area contributed by atoms with Crippen LogP contribution in [0, 0.1) is 0 Å². The Balaban J connectivity index is 1.49. The van der Waals surface area contributed by atoms with Crippen molar-refractivity contribution < 1.29 is 23.7 Å². The second kappa shape index (κ2) is 7.79. The van der Waals surface area contributed by atoms with Crippen molar-refractivity contribution in [1.82, 2.24) is 5.32 Å². The fourth-order valence-corrected chi connectivity index (χ4v) is 2.51. The number of benzene rings is 2. The molecule has 0 saturated heterocycles. The van der Waals surface area contributed by atoms with Gasteiger partial charge >= 0.3 is 6.09 Å². The van der Waals surface area contributed by atoms with E-state index in [1.54, 1.807) is 7.11 Å². The lowest BCUT2D eigenvalue weighted by Gasteiger charge is -2.30. The fraction of sp³-hybridized carbons (Fsp3) is 0.316. The quantitative estimate of drug-likeness (QED) is 0.903. The van der Waals surface area contributed by atoms with Crippen molar-refractivity contribution >= 4 is 6.09 Å². The Labute approximate surface area is 146 Å². The van der Waals surface area contributed by atoms with Gasteiger partial charge in [0.25, 0.3) is 0 Å². The zero-order chi connectivity index (χ0) is 17.6. The summed E-state index contributed by atoms with van der Waals surface area (Å²) >= 11 is 0. The number of nitrogens with one attached hydrogen (secondary N) is 1. The van der Waals surface area contributed by atoms with E-state index in [0.717, 1.165) is 11.3 Å². The van der Waals surface area contributed by atoms with E-state index in [9.17, 15) is 4.79 Å². The molecule has 1 amide bonds. The Hall–Kier alpha value is -2.89. The number of methoxy groups -OCH3 is 1. The van der Waals surface area contributed by atoms with Gasteiger partial charge in [-0.3, -0.25) is 0 Å². The molecule has 2 atom stereocenters. The van der Waals surface area contributed by atoms with Crippen LogP contribution in [0.4, 0.5) is 4.79 Å². The van der Waals surface area contributed by atoms with Crippen molar-refractivity contribution in [3.05, 3.63) is 54.1 Å². The van der Waals surface area contributed by atoms with Gasteiger partial charge in [0.15, 0.2) is 17.6 Å². The van der Waals surface area contributed by atoms with Crippen LogP contribution >= 0.6 is 0 Å². The van der Waals surface area contributed by atoms with E-state index in [1.807, 2.05) is 55.5 Å². The van der Waals surface area contributed by atoms with Gasteiger partial charge < -0.3 is 24.3 Å². The Bertz CT molecular complexity index is 733. The summed E-state index contributed by atoms with van der Waals surface area (Å²) in [5, 5.41) is 2.78. The largest absolute Gasteiger partial charge is 0.497 e. The van der Waals surface area contributed by atoms with Gasteiger partial charge in [-0.15, -0.1) is 0 Å². The molecule has 0 aromatic heterocycles. The fourth-order valence-electron chi connectivity index (χ4n) is 2.51. The maximum Gasteiger partial charge on any atom is 0.407 e. The number of carbonyl (C=O) groups excluding carboxylic acids is 1. The minimum Gasteiger partial charge on any atom is -0.497 e. The summed E-state index contributed by atoms with van der Waals surface area (Å²) in [5.74, 6) is 2.12. The first-order valence-electron chi connectivity index (χ1n) is 8.10. The first-order chi connectivity index (χ1) is 12.2. The number of amides is 1. The average Bonchev–Trinajstić information content (AvgIpc) is 2.66. The number of ether oxygens (including phenoxy) is 4. The number of fused-ring (bicyclic) bond motifs is 1. The molecular weight excluding hydrogens is 322 g/mol. The van der Waals surface area contributed by atoms with Crippen molar-refractivity contribution in [3.63, 3.8) is 0 Å². The SMILES string of the molecule is COc1cccc(COC(=O)N[C@H](C)[C@H]2COc3ccccc3O2)c1. The molecule has 6 heteroatoms. The van der Waals surface area contributed by atoms with Gasteiger partial charge in [-0.2, -0.15) is 0 Å². The smallest absolute Gasteiger partial charge is 0.407 e. The molecule has 0 aliphatic carbocycles. The lowest BCUT2D eigenvalue weighted by atomic mass is 10.1. The van der Waals surface area contributed by atoms with Crippen molar-refractivity contribution in [3.8, 4) is 17.2 Å². The molecule has 1 aliphatic heterocycles. The molecule has 0 bridgehead atoms. The van der Waals surface area contributed by atoms with E-state index in [1.165, 1.54) is 0 Å². The molecule has 0 spiro atoms. The molecule has 0 saturated carbocycles. The molecule has 25 heavy (non-hydrogen) atoms. The van der Waals surface area contributed by atoms with Crippen LogP contribution in [0.1, 0.15) is 12.5 Å². The maximum atomic E-state index is 12.0. The number of alkyl carbamates (subject to hydrolysis) is 1. The van der Waals surface area contributed by atoms with Gasteiger partial charge in [0.05, 0.1) is 13.2 Å². The van der Waals surface area contributed by atoms with Gasteiger partial charge in [0, 0.05) is 0 Å².